The highest BCUT2D eigenvalue weighted by atomic mass is 35.5. The number of carbonyl (C=O) groups is 1. The summed E-state index contributed by atoms with van der Waals surface area (Å²) in [7, 11) is -2.59. The van der Waals surface area contributed by atoms with Gasteiger partial charge in [0.15, 0.2) is 0 Å². The van der Waals surface area contributed by atoms with Gasteiger partial charge in [-0.1, -0.05) is 11.6 Å². The van der Waals surface area contributed by atoms with Gasteiger partial charge in [-0.2, -0.15) is 0 Å². The van der Waals surface area contributed by atoms with Crippen molar-refractivity contribution in [2.24, 2.45) is 0 Å². The van der Waals surface area contributed by atoms with Crippen molar-refractivity contribution < 1.29 is 23.1 Å². The van der Waals surface area contributed by atoms with Gasteiger partial charge >= 0.3 is 5.97 Å². The van der Waals surface area contributed by atoms with E-state index in [1.54, 1.807) is 12.1 Å². The van der Waals surface area contributed by atoms with E-state index in [1.165, 1.54) is 47.4 Å². The van der Waals surface area contributed by atoms with Crippen LogP contribution in [-0.2, 0) is 10.0 Å². The SMILES string of the molecule is COc1ccc(Cl)cc1S(=O)(=O)N1CCSc2ccc(C(=O)O)cc21. The fraction of sp³-hybridized carbons (Fsp3) is 0.188. The Morgan fingerprint density at radius 3 is 2.72 bits per heavy atom. The summed E-state index contributed by atoms with van der Waals surface area (Å²) in [6.45, 7) is 0.221. The molecule has 0 spiro atoms. The fourth-order valence-electron chi connectivity index (χ4n) is 2.55. The zero-order valence-electron chi connectivity index (χ0n) is 13.1. The zero-order valence-corrected chi connectivity index (χ0v) is 15.5. The minimum atomic E-state index is -3.97. The fourth-order valence-corrected chi connectivity index (χ4v) is 5.59. The van der Waals surface area contributed by atoms with Gasteiger partial charge in [-0.05, 0) is 36.4 Å². The van der Waals surface area contributed by atoms with Gasteiger partial charge in [0, 0.05) is 22.2 Å². The van der Waals surface area contributed by atoms with Crippen molar-refractivity contribution in [3.05, 3.63) is 47.0 Å². The summed E-state index contributed by atoms with van der Waals surface area (Å²) >= 11 is 7.45. The number of ether oxygens (including phenoxy) is 1. The molecule has 6 nitrogen and oxygen atoms in total. The molecule has 0 saturated heterocycles. The summed E-state index contributed by atoms with van der Waals surface area (Å²) in [6, 6.07) is 8.83. The number of methoxy groups -OCH3 is 1. The monoisotopic (exact) mass is 399 g/mol. The Labute approximate surface area is 154 Å². The van der Waals surface area contributed by atoms with Gasteiger partial charge in [0.2, 0.25) is 0 Å². The molecular weight excluding hydrogens is 386 g/mol. The lowest BCUT2D eigenvalue weighted by Crippen LogP contribution is -2.35. The molecule has 2 aromatic rings. The number of hydrogen-bond acceptors (Lipinski definition) is 5. The maximum absolute atomic E-state index is 13.2. The number of carboxylic acids is 1. The van der Waals surface area contributed by atoms with E-state index in [-0.39, 0.29) is 27.8 Å². The number of rotatable bonds is 4. The largest absolute Gasteiger partial charge is 0.495 e. The molecule has 132 valence electrons. The van der Waals surface area contributed by atoms with Crippen LogP contribution in [0.25, 0.3) is 0 Å². The van der Waals surface area contributed by atoms with Gasteiger partial charge in [0.25, 0.3) is 10.0 Å². The minimum absolute atomic E-state index is 0.0273. The van der Waals surface area contributed by atoms with Crippen molar-refractivity contribution in [2.45, 2.75) is 9.79 Å². The van der Waals surface area contributed by atoms with Crippen LogP contribution in [0.15, 0.2) is 46.2 Å². The number of benzene rings is 2. The first-order valence-corrected chi connectivity index (χ1v) is 10.0. The number of anilines is 1. The third-order valence-corrected chi connectivity index (χ3v) is 6.83. The maximum Gasteiger partial charge on any atom is 0.335 e. The van der Waals surface area contributed by atoms with E-state index in [0.29, 0.717) is 16.3 Å². The third-order valence-electron chi connectivity index (χ3n) is 3.72. The molecule has 1 heterocycles. The number of aromatic carboxylic acids is 1. The molecule has 0 bridgehead atoms. The molecule has 0 amide bonds. The van der Waals surface area contributed by atoms with E-state index in [9.17, 15) is 18.3 Å². The zero-order chi connectivity index (χ0) is 18.2. The third kappa shape index (κ3) is 3.29. The Kier molecular flexibility index (Phi) is 4.86. The molecule has 1 aliphatic heterocycles. The van der Waals surface area contributed by atoms with Crippen molar-refractivity contribution >= 4 is 45.0 Å². The molecule has 0 saturated carbocycles. The lowest BCUT2D eigenvalue weighted by atomic mass is 10.2. The van der Waals surface area contributed by atoms with Gasteiger partial charge in [-0.25, -0.2) is 13.2 Å². The predicted molar refractivity (Wildman–Crippen MR) is 96.7 cm³/mol. The lowest BCUT2D eigenvalue weighted by molar-refractivity contribution is 0.0697. The van der Waals surface area contributed by atoms with Crippen LogP contribution in [0.2, 0.25) is 5.02 Å². The van der Waals surface area contributed by atoms with Crippen LogP contribution in [0.3, 0.4) is 0 Å². The van der Waals surface area contributed by atoms with Gasteiger partial charge in [0.1, 0.15) is 10.6 Å². The number of thioether (sulfide) groups is 1. The normalized spacial score (nSPS) is 14.1. The molecule has 3 rings (SSSR count). The van der Waals surface area contributed by atoms with E-state index in [0.717, 1.165) is 0 Å². The van der Waals surface area contributed by atoms with Crippen LogP contribution in [0.4, 0.5) is 5.69 Å². The van der Waals surface area contributed by atoms with Gasteiger partial charge in [0.05, 0.1) is 18.4 Å². The van der Waals surface area contributed by atoms with Crippen LogP contribution in [0.1, 0.15) is 10.4 Å². The van der Waals surface area contributed by atoms with Crippen molar-refractivity contribution in [3.8, 4) is 5.75 Å². The Morgan fingerprint density at radius 1 is 1.28 bits per heavy atom. The molecule has 25 heavy (non-hydrogen) atoms. The molecule has 1 aliphatic rings. The quantitative estimate of drug-likeness (QED) is 0.848. The van der Waals surface area contributed by atoms with Crippen molar-refractivity contribution in [1.82, 2.24) is 0 Å². The van der Waals surface area contributed by atoms with Crippen LogP contribution in [0.5, 0.6) is 5.75 Å². The predicted octanol–water partition coefficient (Wildman–Crippen LogP) is 3.35. The summed E-state index contributed by atoms with van der Waals surface area (Å²) in [4.78, 5) is 11.9. The van der Waals surface area contributed by atoms with Gasteiger partial charge in [-0.3, -0.25) is 4.31 Å². The van der Waals surface area contributed by atoms with Crippen LogP contribution in [-0.4, -0.2) is 38.9 Å². The molecular formula is C16H14ClNO5S2. The van der Waals surface area contributed by atoms with Crippen LogP contribution < -0.4 is 9.04 Å². The molecule has 1 N–H and O–H groups in total. The minimum Gasteiger partial charge on any atom is -0.495 e. The molecule has 0 unspecified atom stereocenters. The molecule has 0 aliphatic carbocycles. The van der Waals surface area contributed by atoms with Crippen molar-refractivity contribution in [1.29, 1.82) is 0 Å². The highest BCUT2D eigenvalue weighted by Gasteiger charge is 2.32. The first-order chi connectivity index (χ1) is 11.8. The molecule has 0 radical (unpaired) electrons. The van der Waals surface area contributed by atoms with Crippen LogP contribution >= 0.6 is 23.4 Å². The lowest BCUT2D eigenvalue weighted by Gasteiger charge is -2.30. The van der Waals surface area contributed by atoms with E-state index in [4.69, 9.17) is 16.3 Å². The number of hydrogen-bond donors (Lipinski definition) is 1. The Hall–Kier alpha value is -1.90. The van der Waals surface area contributed by atoms with Crippen molar-refractivity contribution in [2.75, 3.05) is 23.7 Å². The van der Waals surface area contributed by atoms with E-state index in [1.807, 2.05) is 0 Å². The Balaban J connectivity index is 2.16. The van der Waals surface area contributed by atoms with Gasteiger partial charge in [-0.15, -0.1) is 11.8 Å². The van der Waals surface area contributed by atoms with E-state index < -0.39 is 16.0 Å². The number of nitrogens with zero attached hydrogens (tertiary/aromatic N) is 1. The Bertz CT molecular complexity index is 946. The number of fused-ring (bicyclic) bond motifs is 1. The summed E-state index contributed by atoms with van der Waals surface area (Å²) in [5, 5.41) is 9.47. The molecule has 0 aromatic heterocycles. The summed E-state index contributed by atoms with van der Waals surface area (Å²) in [5.41, 5.74) is 0.373. The average molecular weight is 400 g/mol. The summed E-state index contributed by atoms with van der Waals surface area (Å²) in [5.74, 6) is -0.378. The average Bonchev–Trinajstić information content (AvgIpc) is 2.60. The highest BCUT2D eigenvalue weighted by molar-refractivity contribution is 8.00. The first-order valence-electron chi connectivity index (χ1n) is 7.21. The maximum atomic E-state index is 13.2. The van der Waals surface area contributed by atoms with E-state index in [2.05, 4.69) is 0 Å². The van der Waals surface area contributed by atoms with E-state index >= 15 is 0 Å². The topological polar surface area (TPSA) is 83.9 Å². The molecule has 9 heteroatoms. The number of sulfonamides is 1. The second-order valence-corrected chi connectivity index (χ2v) is 8.61. The summed E-state index contributed by atoms with van der Waals surface area (Å²) < 4.78 is 32.8. The van der Waals surface area contributed by atoms with Crippen molar-refractivity contribution in [3.63, 3.8) is 0 Å². The highest BCUT2D eigenvalue weighted by Crippen LogP contribution is 2.40. The first kappa shape index (κ1) is 17.9. The second-order valence-electron chi connectivity index (χ2n) is 5.21. The second kappa shape index (κ2) is 6.78. The van der Waals surface area contributed by atoms with Crippen LogP contribution in [0, 0.1) is 0 Å². The standard InChI is InChI=1S/C16H14ClNO5S2/c1-23-13-4-3-11(17)9-15(13)25(21,22)18-6-7-24-14-5-2-10(16(19)20)8-12(14)18/h2-5,8-9H,6-7H2,1H3,(H,19,20). The smallest absolute Gasteiger partial charge is 0.335 e. The number of carboxylic acid groups (broad SMARTS) is 1. The number of halogens is 1. The molecule has 0 atom stereocenters. The summed E-state index contributed by atoms with van der Waals surface area (Å²) in [6.07, 6.45) is 0. The molecule has 0 fully saturated rings. The Morgan fingerprint density at radius 2 is 2.04 bits per heavy atom. The van der Waals surface area contributed by atoms with Gasteiger partial charge < -0.3 is 9.84 Å². The molecule has 2 aromatic carbocycles.